The second kappa shape index (κ2) is 4.69. The summed E-state index contributed by atoms with van der Waals surface area (Å²) in [6.45, 7) is 5.55. The summed E-state index contributed by atoms with van der Waals surface area (Å²) in [5.41, 5.74) is 1.40. The molecule has 16 heavy (non-hydrogen) atoms. The van der Waals surface area contributed by atoms with Gasteiger partial charge in [0.05, 0.1) is 0 Å². The lowest BCUT2D eigenvalue weighted by Gasteiger charge is -2.33. The first-order valence-corrected chi connectivity index (χ1v) is 6.94. The van der Waals surface area contributed by atoms with E-state index in [1.54, 1.807) is 11.9 Å². The van der Waals surface area contributed by atoms with Crippen molar-refractivity contribution in [3.05, 3.63) is 28.2 Å². The molecule has 1 aromatic carbocycles. The topological polar surface area (TPSA) is 23.5 Å². The smallest absolute Gasteiger partial charge is 0.0448 e. The van der Waals surface area contributed by atoms with E-state index in [0.717, 1.165) is 17.4 Å². The van der Waals surface area contributed by atoms with Crippen molar-refractivity contribution in [3.63, 3.8) is 0 Å². The van der Waals surface area contributed by atoms with Crippen LogP contribution in [0.25, 0.3) is 0 Å². The number of nitrogens with zero attached hydrogens (tertiary/aromatic N) is 1. The van der Waals surface area contributed by atoms with Crippen molar-refractivity contribution in [2.24, 2.45) is 0 Å². The van der Waals surface area contributed by atoms with E-state index in [2.05, 4.69) is 52.3 Å². The molecule has 0 fully saturated rings. The van der Waals surface area contributed by atoms with Crippen LogP contribution in [-0.4, -0.2) is 21.6 Å². The molecule has 2 nitrogen and oxygen atoms in total. The molecule has 0 amide bonds. The van der Waals surface area contributed by atoms with Crippen LogP contribution < -0.4 is 0 Å². The average Bonchev–Trinajstić information content (AvgIpc) is 2.61. The Hall–Kier alpha value is -0.0300. The van der Waals surface area contributed by atoms with Crippen molar-refractivity contribution in [2.75, 3.05) is 6.61 Å². The number of hydrogen-bond donors (Lipinski definition) is 1. The summed E-state index contributed by atoms with van der Waals surface area (Å²) < 4.78 is 3.48. The molecule has 0 saturated heterocycles. The van der Waals surface area contributed by atoms with Crippen molar-refractivity contribution < 1.29 is 5.11 Å². The zero-order valence-electron chi connectivity index (χ0n) is 9.53. The van der Waals surface area contributed by atoms with Gasteiger partial charge in [0.25, 0.3) is 0 Å². The van der Waals surface area contributed by atoms with E-state index in [1.165, 1.54) is 10.5 Å². The van der Waals surface area contributed by atoms with E-state index >= 15 is 0 Å². The summed E-state index contributed by atoms with van der Waals surface area (Å²) >= 11 is 5.29. The van der Waals surface area contributed by atoms with Gasteiger partial charge in [-0.25, -0.2) is 4.31 Å². The SMILES string of the molecule is CC(C)(CCO)N1Cc2cc(Br)ccc2S1. The molecule has 4 heteroatoms. The highest BCUT2D eigenvalue weighted by molar-refractivity contribution is 9.10. The predicted octanol–water partition coefficient (Wildman–Crippen LogP) is 3.43. The van der Waals surface area contributed by atoms with Crippen LogP contribution in [0.1, 0.15) is 25.8 Å². The fourth-order valence-electron chi connectivity index (χ4n) is 1.80. The van der Waals surface area contributed by atoms with Gasteiger partial charge in [-0.1, -0.05) is 15.9 Å². The first-order chi connectivity index (χ1) is 7.53. The molecule has 88 valence electrons. The van der Waals surface area contributed by atoms with Crippen molar-refractivity contribution in [3.8, 4) is 0 Å². The quantitative estimate of drug-likeness (QED) is 0.865. The lowest BCUT2D eigenvalue weighted by Crippen LogP contribution is -2.37. The van der Waals surface area contributed by atoms with E-state index in [4.69, 9.17) is 5.11 Å². The molecule has 1 aromatic rings. The van der Waals surface area contributed by atoms with Gasteiger partial charge in [-0.05, 0) is 56.0 Å². The minimum Gasteiger partial charge on any atom is -0.396 e. The van der Waals surface area contributed by atoms with Gasteiger partial charge < -0.3 is 5.11 Å². The zero-order valence-corrected chi connectivity index (χ0v) is 11.9. The van der Waals surface area contributed by atoms with Crippen molar-refractivity contribution in [2.45, 2.75) is 37.2 Å². The Kier molecular flexibility index (Phi) is 3.64. The van der Waals surface area contributed by atoms with Crippen LogP contribution in [0.4, 0.5) is 0 Å². The lowest BCUT2D eigenvalue weighted by atomic mass is 10.0. The highest BCUT2D eigenvalue weighted by atomic mass is 79.9. The van der Waals surface area contributed by atoms with Gasteiger partial charge in [0.2, 0.25) is 0 Å². The fraction of sp³-hybridized carbons (Fsp3) is 0.500. The zero-order chi connectivity index (χ0) is 11.8. The highest BCUT2D eigenvalue weighted by Gasteiger charge is 2.32. The second-order valence-corrected chi connectivity index (χ2v) is 6.64. The van der Waals surface area contributed by atoms with Crippen LogP contribution in [0.5, 0.6) is 0 Å². The van der Waals surface area contributed by atoms with E-state index in [-0.39, 0.29) is 12.1 Å². The van der Waals surface area contributed by atoms with Crippen molar-refractivity contribution in [1.29, 1.82) is 0 Å². The molecule has 0 spiro atoms. The first kappa shape index (κ1) is 12.4. The van der Waals surface area contributed by atoms with E-state index < -0.39 is 0 Å². The summed E-state index contributed by atoms with van der Waals surface area (Å²) in [7, 11) is 0. The Morgan fingerprint density at radius 1 is 1.50 bits per heavy atom. The molecule has 1 N–H and O–H groups in total. The maximum Gasteiger partial charge on any atom is 0.0448 e. The van der Waals surface area contributed by atoms with Crippen LogP contribution in [0.3, 0.4) is 0 Å². The number of benzene rings is 1. The van der Waals surface area contributed by atoms with Crippen molar-refractivity contribution in [1.82, 2.24) is 4.31 Å². The Balaban J connectivity index is 2.16. The average molecular weight is 302 g/mol. The first-order valence-electron chi connectivity index (χ1n) is 5.38. The molecule has 0 bridgehead atoms. The molecule has 2 rings (SSSR count). The number of halogens is 1. The molecule has 1 heterocycles. The molecule has 0 saturated carbocycles. The number of aliphatic hydroxyl groups excluding tert-OH is 1. The number of aliphatic hydroxyl groups is 1. The monoisotopic (exact) mass is 301 g/mol. The van der Waals surface area contributed by atoms with Crippen LogP contribution in [0.2, 0.25) is 0 Å². The molecule has 0 radical (unpaired) electrons. The lowest BCUT2D eigenvalue weighted by molar-refractivity contribution is 0.174. The standard InChI is InChI=1S/C12H16BrNOS/c1-12(2,5-6-15)14-8-9-7-10(13)3-4-11(9)16-14/h3-4,7,15H,5-6,8H2,1-2H3. The Morgan fingerprint density at radius 2 is 2.25 bits per heavy atom. The molecular formula is C12H16BrNOS. The van der Waals surface area contributed by atoms with Crippen LogP contribution in [-0.2, 0) is 6.54 Å². The summed E-state index contributed by atoms with van der Waals surface area (Å²) in [6.07, 6.45) is 0.801. The van der Waals surface area contributed by atoms with Gasteiger partial charge in [0.1, 0.15) is 0 Å². The number of fused-ring (bicyclic) bond motifs is 1. The van der Waals surface area contributed by atoms with E-state index in [1.807, 2.05) is 0 Å². The maximum atomic E-state index is 9.08. The maximum absolute atomic E-state index is 9.08. The Labute approximate surface area is 109 Å². The normalized spacial score (nSPS) is 16.5. The largest absolute Gasteiger partial charge is 0.396 e. The summed E-state index contributed by atoms with van der Waals surface area (Å²) in [5, 5.41) is 9.08. The fourth-order valence-corrected chi connectivity index (χ4v) is 3.36. The minimum absolute atomic E-state index is 0.0327. The van der Waals surface area contributed by atoms with Crippen LogP contribution >= 0.6 is 27.9 Å². The third kappa shape index (κ3) is 2.45. The Bertz CT molecular complexity index is 395. The van der Waals surface area contributed by atoms with Gasteiger partial charge in [-0.3, -0.25) is 0 Å². The van der Waals surface area contributed by atoms with Gasteiger partial charge in [-0.15, -0.1) is 0 Å². The number of rotatable bonds is 3. The molecule has 0 atom stereocenters. The molecule has 0 unspecified atom stereocenters. The molecular weight excluding hydrogens is 286 g/mol. The predicted molar refractivity (Wildman–Crippen MR) is 71.3 cm³/mol. The molecule has 1 aliphatic rings. The second-order valence-electron chi connectivity index (χ2n) is 4.67. The Morgan fingerprint density at radius 3 is 2.94 bits per heavy atom. The summed E-state index contributed by atoms with van der Waals surface area (Å²) in [4.78, 5) is 1.33. The number of hydrogen-bond acceptors (Lipinski definition) is 3. The van der Waals surface area contributed by atoms with E-state index in [0.29, 0.717) is 0 Å². The van der Waals surface area contributed by atoms with Gasteiger partial charge >= 0.3 is 0 Å². The molecule has 0 aliphatic carbocycles. The third-order valence-electron chi connectivity index (χ3n) is 2.94. The molecule has 0 aromatic heterocycles. The molecule has 1 aliphatic heterocycles. The van der Waals surface area contributed by atoms with Gasteiger partial charge in [-0.2, -0.15) is 0 Å². The van der Waals surface area contributed by atoms with Gasteiger partial charge in [0, 0.05) is 28.1 Å². The highest BCUT2D eigenvalue weighted by Crippen LogP contribution is 2.42. The minimum atomic E-state index is 0.0327. The van der Waals surface area contributed by atoms with E-state index in [9.17, 15) is 0 Å². The van der Waals surface area contributed by atoms with Crippen LogP contribution in [0.15, 0.2) is 27.6 Å². The summed E-state index contributed by atoms with van der Waals surface area (Å²) in [6, 6.07) is 6.41. The van der Waals surface area contributed by atoms with Gasteiger partial charge in [0.15, 0.2) is 0 Å². The third-order valence-corrected chi connectivity index (χ3v) is 4.88. The van der Waals surface area contributed by atoms with Crippen LogP contribution in [0, 0.1) is 0 Å². The van der Waals surface area contributed by atoms with Crippen molar-refractivity contribution >= 4 is 27.9 Å². The summed E-state index contributed by atoms with van der Waals surface area (Å²) in [5.74, 6) is 0.